The fraction of sp³-hybridized carbons (Fsp3) is 0.158. The molecule has 2 aromatic carbocycles. The first kappa shape index (κ1) is 16.2. The molecule has 4 aromatic rings. The number of aliphatic hydroxyl groups excluding tert-OH is 1. The first-order chi connectivity index (χ1) is 12.5. The second-order valence-corrected chi connectivity index (χ2v) is 5.96. The van der Waals surface area contributed by atoms with Gasteiger partial charge in [0.2, 0.25) is 0 Å². The highest BCUT2D eigenvalue weighted by molar-refractivity contribution is 5.85. The highest BCUT2D eigenvalue weighted by atomic mass is 16.6. The lowest BCUT2D eigenvalue weighted by atomic mass is 10.0. The molecule has 4 rings (SSSR count). The molecule has 7 heteroatoms. The van der Waals surface area contributed by atoms with E-state index in [0.29, 0.717) is 33.6 Å². The zero-order chi connectivity index (χ0) is 18.4. The lowest BCUT2D eigenvalue weighted by Crippen LogP contribution is -1.99. The molecule has 0 aliphatic carbocycles. The summed E-state index contributed by atoms with van der Waals surface area (Å²) in [6, 6.07) is 11.3. The molecule has 2 heterocycles. The summed E-state index contributed by atoms with van der Waals surface area (Å²) in [5, 5.41) is 23.1. The Morgan fingerprint density at radius 3 is 2.62 bits per heavy atom. The predicted octanol–water partition coefficient (Wildman–Crippen LogP) is 4.49. The number of nitro groups is 1. The molecule has 0 saturated carbocycles. The molecule has 0 fully saturated rings. The van der Waals surface area contributed by atoms with Gasteiger partial charge in [0.05, 0.1) is 12.0 Å². The van der Waals surface area contributed by atoms with Gasteiger partial charge >= 0.3 is 0 Å². The van der Waals surface area contributed by atoms with Crippen molar-refractivity contribution in [3.05, 3.63) is 69.7 Å². The van der Waals surface area contributed by atoms with Gasteiger partial charge in [0, 0.05) is 28.5 Å². The minimum atomic E-state index is -1.07. The van der Waals surface area contributed by atoms with E-state index in [1.807, 2.05) is 0 Å². The SMILES string of the molecule is COc1ccc2oc(C)c([C@@H](O)c3cc4cc([N+](=O)[O-])ccc4o3)c2c1. The fourth-order valence-electron chi connectivity index (χ4n) is 3.13. The average Bonchev–Trinajstić information content (AvgIpc) is 3.19. The summed E-state index contributed by atoms with van der Waals surface area (Å²) in [6.07, 6.45) is -1.07. The summed E-state index contributed by atoms with van der Waals surface area (Å²) in [4.78, 5) is 10.5. The van der Waals surface area contributed by atoms with E-state index in [2.05, 4.69) is 0 Å². The van der Waals surface area contributed by atoms with Crippen molar-refractivity contribution < 1.29 is 23.6 Å². The molecule has 0 spiro atoms. The number of ether oxygens (including phenoxy) is 1. The van der Waals surface area contributed by atoms with Crippen molar-refractivity contribution in [3.8, 4) is 5.75 Å². The zero-order valence-corrected chi connectivity index (χ0v) is 14.1. The third-order valence-corrected chi connectivity index (χ3v) is 4.39. The van der Waals surface area contributed by atoms with Crippen LogP contribution in [0.15, 0.2) is 51.3 Å². The lowest BCUT2D eigenvalue weighted by Gasteiger charge is -2.07. The van der Waals surface area contributed by atoms with Crippen molar-refractivity contribution in [3.63, 3.8) is 0 Å². The third-order valence-electron chi connectivity index (χ3n) is 4.39. The Hall–Kier alpha value is -3.32. The number of nitrogens with zero attached hydrogens (tertiary/aromatic N) is 1. The molecular weight excluding hydrogens is 338 g/mol. The standard InChI is InChI=1S/C19H15NO6/c1-10-18(14-9-13(24-2)4-6-16(14)25-10)19(21)17-8-11-7-12(20(22)23)3-5-15(11)26-17/h3-9,19,21H,1-2H3/t19-/m0/s1. The number of hydrogen-bond donors (Lipinski definition) is 1. The second-order valence-electron chi connectivity index (χ2n) is 5.96. The van der Waals surface area contributed by atoms with Crippen molar-refractivity contribution in [2.45, 2.75) is 13.0 Å². The molecule has 0 unspecified atom stereocenters. The molecule has 7 nitrogen and oxygen atoms in total. The number of rotatable bonds is 4. The average molecular weight is 353 g/mol. The van der Waals surface area contributed by atoms with E-state index < -0.39 is 11.0 Å². The number of furan rings is 2. The highest BCUT2D eigenvalue weighted by Crippen LogP contribution is 2.37. The molecule has 132 valence electrons. The van der Waals surface area contributed by atoms with E-state index in [-0.39, 0.29) is 11.4 Å². The minimum absolute atomic E-state index is 0.0333. The number of non-ortho nitro benzene ring substituents is 1. The van der Waals surface area contributed by atoms with E-state index >= 15 is 0 Å². The number of aryl methyl sites for hydroxylation is 1. The molecular formula is C19H15NO6. The van der Waals surface area contributed by atoms with Crippen molar-refractivity contribution in [2.24, 2.45) is 0 Å². The van der Waals surface area contributed by atoms with Crippen LogP contribution in [0, 0.1) is 17.0 Å². The van der Waals surface area contributed by atoms with E-state index in [1.165, 1.54) is 18.2 Å². The summed E-state index contributed by atoms with van der Waals surface area (Å²) < 4.78 is 16.7. The summed E-state index contributed by atoms with van der Waals surface area (Å²) in [5.41, 5.74) is 1.64. The van der Waals surface area contributed by atoms with Gasteiger partial charge in [-0.1, -0.05) is 0 Å². The van der Waals surface area contributed by atoms with Gasteiger partial charge in [-0.25, -0.2) is 0 Å². The fourth-order valence-corrected chi connectivity index (χ4v) is 3.13. The van der Waals surface area contributed by atoms with Crippen molar-refractivity contribution in [1.29, 1.82) is 0 Å². The zero-order valence-electron chi connectivity index (χ0n) is 14.1. The molecule has 2 aromatic heterocycles. The van der Waals surface area contributed by atoms with Crippen LogP contribution in [0.1, 0.15) is 23.2 Å². The van der Waals surface area contributed by atoms with Crippen LogP contribution in [0.2, 0.25) is 0 Å². The van der Waals surface area contributed by atoms with Gasteiger partial charge in [0.1, 0.15) is 34.5 Å². The predicted molar refractivity (Wildman–Crippen MR) is 94.4 cm³/mol. The Kier molecular flexibility index (Phi) is 3.66. The van der Waals surface area contributed by atoms with Crippen LogP contribution in [0.5, 0.6) is 5.75 Å². The third kappa shape index (κ3) is 2.49. The maximum absolute atomic E-state index is 10.9. The van der Waals surface area contributed by atoms with Gasteiger partial charge in [-0.05, 0) is 37.3 Å². The largest absolute Gasteiger partial charge is 0.497 e. The number of hydrogen-bond acceptors (Lipinski definition) is 6. The van der Waals surface area contributed by atoms with Crippen molar-refractivity contribution >= 4 is 27.6 Å². The molecule has 0 saturated heterocycles. The lowest BCUT2D eigenvalue weighted by molar-refractivity contribution is -0.384. The van der Waals surface area contributed by atoms with Crippen LogP contribution in [-0.4, -0.2) is 17.1 Å². The van der Waals surface area contributed by atoms with Gasteiger partial charge in [0.15, 0.2) is 0 Å². The monoisotopic (exact) mass is 353 g/mol. The van der Waals surface area contributed by atoms with Gasteiger partial charge in [-0.2, -0.15) is 0 Å². The van der Waals surface area contributed by atoms with Crippen LogP contribution < -0.4 is 4.74 Å². The van der Waals surface area contributed by atoms with Crippen molar-refractivity contribution in [1.82, 2.24) is 0 Å². The maximum Gasteiger partial charge on any atom is 0.270 e. The Labute approximate surface area is 147 Å². The van der Waals surface area contributed by atoms with E-state index in [9.17, 15) is 15.2 Å². The molecule has 0 bridgehead atoms. The minimum Gasteiger partial charge on any atom is -0.497 e. The second kappa shape index (κ2) is 5.89. The van der Waals surface area contributed by atoms with Crippen LogP contribution in [0.3, 0.4) is 0 Å². The normalized spacial score (nSPS) is 12.6. The Morgan fingerprint density at radius 1 is 1.12 bits per heavy atom. The Balaban J connectivity index is 1.83. The highest BCUT2D eigenvalue weighted by Gasteiger charge is 2.24. The van der Waals surface area contributed by atoms with E-state index in [1.54, 1.807) is 38.3 Å². The Bertz CT molecular complexity index is 1140. The summed E-state index contributed by atoms with van der Waals surface area (Å²) in [5.74, 6) is 1.49. The van der Waals surface area contributed by atoms with Gasteiger partial charge < -0.3 is 18.7 Å². The van der Waals surface area contributed by atoms with Crippen LogP contribution in [-0.2, 0) is 0 Å². The molecule has 0 radical (unpaired) electrons. The maximum atomic E-state index is 10.9. The summed E-state index contributed by atoms with van der Waals surface area (Å²) in [7, 11) is 1.57. The van der Waals surface area contributed by atoms with Gasteiger partial charge in [-0.3, -0.25) is 10.1 Å². The number of fused-ring (bicyclic) bond motifs is 2. The summed E-state index contributed by atoms with van der Waals surface area (Å²) >= 11 is 0. The quantitative estimate of drug-likeness (QED) is 0.429. The van der Waals surface area contributed by atoms with Crippen molar-refractivity contribution in [2.75, 3.05) is 7.11 Å². The smallest absolute Gasteiger partial charge is 0.270 e. The van der Waals surface area contributed by atoms with Gasteiger partial charge in [-0.15, -0.1) is 0 Å². The number of methoxy groups -OCH3 is 1. The van der Waals surface area contributed by atoms with E-state index in [0.717, 1.165) is 5.39 Å². The summed E-state index contributed by atoms with van der Waals surface area (Å²) in [6.45, 7) is 1.76. The number of aliphatic hydroxyl groups is 1. The molecule has 0 amide bonds. The molecule has 26 heavy (non-hydrogen) atoms. The molecule has 0 aliphatic rings. The van der Waals surface area contributed by atoms with Crippen LogP contribution >= 0.6 is 0 Å². The number of benzene rings is 2. The first-order valence-electron chi connectivity index (χ1n) is 7.91. The van der Waals surface area contributed by atoms with Crippen LogP contribution in [0.25, 0.3) is 21.9 Å². The molecule has 1 atom stereocenters. The first-order valence-corrected chi connectivity index (χ1v) is 7.91. The Morgan fingerprint density at radius 2 is 1.88 bits per heavy atom. The van der Waals surface area contributed by atoms with E-state index in [4.69, 9.17) is 13.6 Å². The van der Waals surface area contributed by atoms with Gasteiger partial charge in [0.25, 0.3) is 5.69 Å². The number of nitro benzene ring substituents is 1. The van der Waals surface area contributed by atoms with Crippen LogP contribution in [0.4, 0.5) is 5.69 Å². The molecule has 1 N–H and O–H groups in total. The topological polar surface area (TPSA) is 98.9 Å². The molecule has 0 aliphatic heterocycles.